The maximum Gasteiger partial charge on any atom is 0.242 e. The molecule has 0 spiro atoms. The van der Waals surface area contributed by atoms with Crippen LogP contribution in [-0.4, -0.2) is 38.0 Å². The van der Waals surface area contributed by atoms with Gasteiger partial charge in [-0.3, -0.25) is 0 Å². The monoisotopic (exact) mass is 385 g/mol. The van der Waals surface area contributed by atoms with Gasteiger partial charge in [0, 0.05) is 25.8 Å². The lowest BCUT2D eigenvalue weighted by Crippen LogP contribution is -2.36. The Morgan fingerprint density at radius 2 is 1.84 bits per heavy atom. The Morgan fingerprint density at radius 1 is 1.20 bits per heavy atom. The first-order valence-corrected chi connectivity index (χ1v) is 10.5. The van der Waals surface area contributed by atoms with E-state index in [9.17, 15) is 8.42 Å². The molecule has 0 bridgehead atoms. The summed E-state index contributed by atoms with van der Waals surface area (Å²) < 4.78 is 25.8. The number of aryl methyl sites for hydroxylation is 1. The van der Waals surface area contributed by atoms with Crippen molar-refractivity contribution in [3.8, 4) is 0 Å². The number of hydrogen-bond acceptors (Lipinski definition) is 3. The highest BCUT2D eigenvalue weighted by Gasteiger charge is 2.18. The average Bonchev–Trinajstić information content (AvgIpc) is 2.48. The zero-order valence-electron chi connectivity index (χ0n) is 16.1. The maximum atomic E-state index is 12.3. The molecule has 1 aromatic carbocycles. The minimum Gasteiger partial charge on any atom is -0.360 e. The van der Waals surface area contributed by atoms with Crippen LogP contribution >= 0.6 is 12.2 Å². The van der Waals surface area contributed by atoms with Crippen LogP contribution in [0.2, 0.25) is 0 Å². The Morgan fingerprint density at radius 3 is 2.40 bits per heavy atom. The molecule has 1 rings (SSSR count). The lowest BCUT2D eigenvalue weighted by molar-refractivity contribution is 0.495. The van der Waals surface area contributed by atoms with Gasteiger partial charge < -0.3 is 10.6 Å². The first-order valence-electron chi connectivity index (χ1n) is 8.64. The molecule has 0 fully saturated rings. The second-order valence-electron chi connectivity index (χ2n) is 7.09. The van der Waals surface area contributed by atoms with Crippen LogP contribution in [0.15, 0.2) is 23.1 Å². The summed E-state index contributed by atoms with van der Waals surface area (Å²) in [5.41, 5.74) is 1.64. The van der Waals surface area contributed by atoms with Crippen molar-refractivity contribution in [3.63, 3.8) is 0 Å². The van der Waals surface area contributed by atoms with Crippen molar-refractivity contribution in [2.75, 3.05) is 19.4 Å². The normalized spacial score (nSPS) is 13.1. The van der Waals surface area contributed by atoms with Gasteiger partial charge in [0.15, 0.2) is 5.11 Å². The fourth-order valence-electron chi connectivity index (χ4n) is 2.39. The first kappa shape index (κ1) is 21.9. The van der Waals surface area contributed by atoms with E-state index in [0.29, 0.717) is 16.7 Å². The van der Waals surface area contributed by atoms with Crippen molar-refractivity contribution in [1.82, 2.24) is 9.62 Å². The van der Waals surface area contributed by atoms with E-state index in [2.05, 4.69) is 31.4 Å². The number of nitrogens with one attached hydrogen (secondary N) is 2. The highest BCUT2D eigenvalue weighted by molar-refractivity contribution is 7.89. The van der Waals surface area contributed by atoms with Crippen LogP contribution < -0.4 is 10.6 Å². The molecule has 7 heteroatoms. The van der Waals surface area contributed by atoms with Gasteiger partial charge in [-0.15, -0.1) is 0 Å². The van der Waals surface area contributed by atoms with Gasteiger partial charge >= 0.3 is 0 Å². The Labute approximate surface area is 158 Å². The molecule has 0 aliphatic carbocycles. The molecule has 1 aromatic rings. The quantitative estimate of drug-likeness (QED) is 0.668. The third-order valence-electron chi connectivity index (χ3n) is 4.03. The third kappa shape index (κ3) is 6.92. The Hall–Kier alpha value is -1.18. The molecule has 0 amide bonds. The van der Waals surface area contributed by atoms with Gasteiger partial charge in [0.1, 0.15) is 0 Å². The van der Waals surface area contributed by atoms with E-state index in [0.717, 1.165) is 18.4 Å². The zero-order chi connectivity index (χ0) is 19.2. The SMILES string of the molecule is Cc1ccc(S(=O)(=O)N(C)C)cc1NC(=S)N[C@H](C)CCCC(C)C. The summed E-state index contributed by atoms with van der Waals surface area (Å²) in [5, 5.41) is 6.91. The van der Waals surface area contributed by atoms with Crippen LogP contribution in [0.25, 0.3) is 0 Å². The summed E-state index contributed by atoms with van der Waals surface area (Å²) in [6.45, 7) is 8.47. The van der Waals surface area contributed by atoms with Crippen molar-refractivity contribution in [2.24, 2.45) is 5.92 Å². The molecule has 2 N–H and O–H groups in total. The number of nitrogens with zero attached hydrogens (tertiary/aromatic N) is 1. The topological polar surface area (TPSA) is 61.4 Å². The van der Waals surface area contributed by atoms with Crippen LogP contribution in [-0.2, 0) is 10.0 Å². The third-order valence-corrected chi connectivity index (χ3v) is 6.06. The van der Waals surface area contributed by atoms with Crippen LogP contribution in [0.4, 0.5) is 5.69 Å². The van der Waals surface area contributed by atoms with E-state index < -0.39 is 10.0 Å². The van der Waals surface area contributed by atoms with Crippen molar-refractivity contribution in [3.05, 3.63) is 23.8 Å². The highest BCUT2D eigenvalue weighted by Crippen LogP contribution is 2.22. The molecule has 1 atom stereocenters. The predicted octanol–water partition coefficient (Wildman–Crippen LogP) is 3.75. The number of anilines is 1. The Balaban J connectivity index is 2.74. The van der Waals surface area contributed by atoms with Crippen LogP contribution in [0.5, 0.6) is 0 Å². The lowest BCUT2D eigenvalue weighted by atomic mass is 10.0. The largest absolute Gasteiger partial charge is 0.360 e. The molecule has 142 valence electrons. The molecule has 0 radical (unpaired) electrons. The van der Waals surface area contributed by atoms with Crippen molar-refractivity contribution >= 4 is 33.0 Å². The molecule has 0 unspecified atom stereocenters. The van der Waals surface area contributed by atoms with Gasteiger partial charge in [-0.1, -0.05) is 32.8 Å². The lowest BCUT2D eigenvalue weighted by Gasteiger charge is -2.19. The van der Waals surface area contributed by atoms with Gasteiger partial charge in [0.25, 0.3) is 0 Å². The Bertz CT molecular complexity index is 686. The fraction of sp³-hybridized carbons (Fsp3) is 0.611. The molecular formula is C18H31N3O2S2. The first-order chi connectivity index (χ1) is 11.5. The molecule has 0 aliphatic rings. The summed E-state index contributed by atoms with van der Waals surface area (Å²) in [6, 6.07) is 5.30. The minimum absolute atomic E-state index is 0.249. The molecular weight excluding hydrogens is 354 g/mol. The van der Waals surface area contributed by atoms with Gasteiger partial charge in [-0.25, -0.2) is 12.7 Å². The molecule has 0 aliphatic heterocycles. The summed E-state index contributed by atoms with van der Waals surface area (Å²) in [5.74, 6) is 0.710. The van der Waals surface area contributed by atoms with Crippen molar-refractivity contribution in [2.45, 2.75) is 57.9 Å². The number of benzene rings is 1. The summed E-state index contributed by atoms with van der Waals surface area (Å²) in [7, 11) is -0.423. The molecule has 25 heavy (non-hydrogen) atoms. The zero-order valence-corrected chi connectivity index (χ0v) is 17.7. The Kier molecular flexibility index (Phi) is 8.31. The fourth-order valence-corrected chi connectivity index (χ4v) is 3.63. The van der Waals surface area contributed by atoms with Crippen molar-refractivity contribution in [1.29, 1.82) is 0 Å². The molecule has 5 nitrogen and oxygen atoms in total. The molecule has 0 saturated carbocycles. The van der Waals surface area contributed by atoms with Crippen LogP contribution in [0.3, 0.4) is 0 Å². The van der Waals surface area contributed by atoms with E-state index in [1.807, 2.05) is 6.92 Å². The maximum absolute atomic E-state index is 12.3. The van der Waals surface area contributed by atoms with Gasteiger partial charge in [0.05, 0.1) is 4.90 Å². The van der Waals surface area contributed by atoms with Crippen LogP contribution in [0, 0.1) is 12.8 Å². The van der Waals surface area contributed by atoms with E-state index in [-0.39, 0.29) is 10.9 Å². The number of sulfonamides is 1. The summed E-state index contributed by atoms with van der Waals surface area (Å²) in [4.78, 5) is 0.249. The van der Waals surface area contributed by atoms with Gasteiger partial charge in [-0.05, 0) is 56.1 Å². The summed E-state index contributed by atoms with van der Waals surface area (Å²) in [6.07, 6.45) is 3.41. The van der Waals surface area contributed by atoms with Crippen molar-refractivity contribution < 1.29 is 8.42 Å². The number of hydrogen-bond donors (Lipinski definition) is 2. The van der Waals surface area contributed by atoms with Gasteiger partial charge in [-0.2, -0.15) is 0 Å². The van der Waals surface area contributed by atoms with E-state index in [1.165, 1.54) is 24.8 Å². The molecule has 0 heterocycles. The van der Waals surface area contributed by atoms with Gasteiger partial charge in [0.2, 0.25) is 10.0 Å². The molecule has 0 aromatic heterocycles. The van der Waals surface area contributed by atoms with E-state index in [4.69, 9.17) is 12.2 Å². The summed E-state index contributed by atoms with van der Waals surface area (Å²) >= 11 is 5.38. The van der Waals surface area contributed by atoms with E-state index in [1.54, 1.807) is 18.2 Å². The number of thiocarbonyl (C=S) groups is 1. The highest BCUT2D eigenvalue weighted by atomic mass is 32.2. The second kappa shape index (κ2) is 9.50. The van der Waals surface area contributed by atoms with E-state index >= 15 is 0 Å². The van der Waals surface area contributed by atoms with Crippen LogP contribution in [0.1, 0.15) is 45.6 Å². The minimum atomic E-state index is -3.47. The smallest absolute Gasteiger partial charge is 0.242 e. The molecule has 0 saturated heterocycles. The number of rotatable bonds is 8. The average molecular weight is 386 g/mol. The standard InChI is InChI=1S/C18H31N3O2S2/c1-13(2)8-7-9-15(4)19-18(24)20-17-12-16(11-10-14(17)3)25(22,23)21(5)6/h10-13,15H,7-9H2,1-6H3,(H2,19,20,24)/t15-/m1/s1. The second-order valence-corrected chi connectivity index (χ2v) is 9.65. The predicted molar refractivity (Wildman–Crippen MR) is 110 cm³/mol.